The molecule has 0 saturated heterocycles. The highest BCUT2D eigenvalue weighted by Gasteiger charge is 2.43. The van der Waals surface area contributed by atoms with Gasteiger partial charge in [-0.1, -0.05) is 12.1 Å². The molecule has 1 saturated carbocycles. The normalized spacial score (nSPS) is 21.9. The Morgan fingerprint density at radius 3 is 2.50 bits per heavy atom. The molecule has 7 heteroatoms. The molecule has 0 spiro atoms. The van der Waals surface area contributed by atoms with Gasteiger partial charge in [-0.25, -0.2) is 0 Å². The van der Waals surface area contributed by atoms with Crippen molar-refractivity contribution in [2.75, 3.05) is 13.1 Å². The van der Waals surface area contributed by atoms with E-state index in [4.69, 9.17) is 10.9 Å². The van der Waals surface area contributed by atoms with E-state index in [1.807, 2.05) is 6.92 Å². The number of hydrogen-bond donors (Lipinski definition) is 3. The van der Waals surface area contributed by atoms with Crippen molar-refractivity contribution < 1.29 is 18.4 Å². The minimum absolute atomic E-state index is 0.126. The van der Waals surface area contributed by atoms with Crippen LogP contribution in [0.15, 0.2) is 5.16 Å². The van der Waals surface area contributed by atoms with Gasteiger partial charge < -0.3 is 16.3 Å². The second-order valence-electron chi connectivity index (χ2n) is 4.56. The number of nitrogens with zero attached hydrogens (tertiary/aromatic N) is 1. The van der Waals surface area contributed by atoms with Crippen LogP contribution >= 0.6 is 0 Å². The van der Waals surface area contributed by atoms with Crippen LogP contribution in [0.5, 0.6) is 0 Å². The van der Waals surface area contributed by atoms with Gasteiger partial charge >= 0.3 is 6.18 Å². The number of amidine groups is 1. The molecule has 0 aromatic heterocycles. The first kappa shape index (κ1) is 13.1. The van der Waals surface area contributed by atoms with Crippen LogP contribution in [0.2, 0.25) is 0 Å². The van der Waals surface area contributed by atoms with Crippen molar-refractivity contribution in [2.45, 2.75) is 25.9 Å². The molecule has 0 aromatic carbocycles. The van der Waals surface area contributed by atoms with Crippen molar-refractivity contribution in [2.24, 2.45) is 22.2 Å². The van der Waals surface area contributed by atoms with E-state index in [-0.39, 0.29) is 12.0 Å². The molecule has 0 aromatic rings. The average molecular weight is 239 g/mol. The number of hydrogen-bond acceptors (Lipinski definition) is 3. The first-order chi connectivity index (χ1) is 7.28. The molecule has 16 heavy (non-hydrogen) atoms. The van der Waals surface area contributed by atoms with Gasteiger partial charge in [-0.15, -0.1) is 0 Å². The van der Waals surface area contributed by atoms with Crippen molar-refractivity contribution in [3.63, 3.8) is 0 Å². The van der Waals surface area contributed by atoms with Gasteiger partial charge in [0.1, 0.15) is 5.92 Å². The highest BCUT2D eigenvalue weighted by molar-refractivity contribution is 5.83. The van der Waals surface area contributed by atoms with Crippen LogP contribution < -0.4 is 11.1 Å². The molecular weight excluding hydrogens is 223 g/mol. The van der Waals surface area contributed by atoms with Crippen molar-refractivity contribution >= 4 is 5.84 Å². The van der Waals surface area contributed by atoms with E-state index >= 15 is 0 Å². The van der Waals surface area contributed by atoms with Crippen LogP contribution in [-0.4, -0.2) is 30.3 Å². The number of rotatable bonds is 5. The summed E-state index contributed by atoms with van der Waals surface area (Å²) in [4.78, 5) is 0. The molecule has 1 aliphatic carbocycles. The number of nitrogens with one attached hydrogen (secondary N) is 1. The molecule has 1 unspecified atom stereocenters. The maximum Gasteiger partial charge on any atom is 0.400 e. The Balaban J connectivity index is 2.44. The Bertz CT molecular complexity index is 274. The molecule has 0 heterocycles. The Labute approximate surface area is 91.7 Å². The van der Waals surface area contributed by atoms with Gasteiger partial charge in [0.25, 0.3) is 0 Å². The summed E-state index contributed by atoms with van der Waals surface area (Å²) in [6.45, 7) is 2.18. The van der Waals surface area contributed by atoms with Crippen LogP contribution in [0.4, 0.5) is 13.2 Å². The first-order valence-corrected chi connectivity index (χ1v) is 5.03. The summed E-state index contributed by atoms with van der Waals surface area (Å²) in [6, 6.07) is 0. The van der Waals surface area contributed by atoms with Crippen LogP contribution in [0.1, 0.15) is 19.8 Å². The third kappa shape index (κ3) is 3.55. The molecule has 0 aliphatic heterocycles. The maximum atomic E-state index is 12.5. The molecule has 0 amide bonds. The van der Waals surface area contributed by atoms with Gasteiger partial charge in [0.15, 0.2) is 5.84 Å². The molecule has 1 fully saturated rings. The fourth-order valence-electron chi connectivity index (χ4n) is 1.37. The molecule has 0 radical (unpaired) electrons. The van der Waals surface area contributed by atoms with Crippen LogP contribution in [-0.2, 0) is 0 Å². The number of oxime groups is 1. The zero-order valence-corrected chi connectivity index (χ0v) is 9.01. The van der Waals surface area contributed by atoms with E-state index in [2.05, 4.69) is 10.5 Å². The minimum Gasteiger partial charge on any atom is -0.409 e. The Morgan fingerprint density at radius 1 is 1.56 bits per heavy atom. The SMILES string of the molecule is CC1(CNCC(C(N)=NO)C(F)(F)F)CC1. The van der Waals surface area contributed by atoms with Crippen molar-refractivity contribution in [3.05, 3.63) is 0 Å². The van der Waals surface area contributed by atoms with E-state index in [1.165, 1.54) is 0 Å². The predicted octanol–water partition coefficient (Wildman–Crippen LogP) is 1.30. The Hall–Kier alpha value is -0.980. The summed E-state index contributed by atoms with van der Waals surface area (Å²) in [5.41, 5.74) is 5.14. The van der Waals surface area contributed by atoms with Gasteiger partial charge in [0.05, 0.1) is 0 Å². The first-order valence-electron chi connectivity index (χ1n) is 5.03. The molecule has 0 bridgehead atoms. The lowest BCUT2D eigenvalue weighted by atomic mass is 10.1. The number of nitrogens with two attached hydrogens (primary N) is 1. The fourth-order valence-corrected chi connectivity index (χ4v) is 1.37. The Kier molecular flexibility index (Phi) is 3.67. The lowest BCUT2D eigenvalue weighted by Gasteiger charge is -2.20. The molecule has 1 aliphatic rings. The topological polar surface area (TPSA) is 70.6 Å². The van der Waals surface area contributed by atoms with Crippen LogP contribution in [0.3, 0.4) is 0 Å². The van der Waals surface area contributed by atoms with Crippen molar-refractivity contribution in [3.8, 4) is 0 Å². The van der Waals surface area contributed by atoms with Gasteiger partial charge in [0.2, 0.25) is 0 Å². The smallest absolute Gasteiger partial charge is 0.400 e. The lowest BCUT2D eigenvalue weighted by molar-refractivity contribution is -0.155. The van der Waals surface area contributed by atoms with Crippen molar-refractivity contribution in [1.82, 2.24) is 5.32 Å². The highest BCUT2D eigenvalue weighted by atomic mass is 19.4. The summed E-state index contributed by atoms with van der Waals surface area (Å²) < 4.78 is 37.4. The third-order valence-corrected chi connectivity index (χ3v) is 2.87. The molecular formula is C9H16F3N3O. The van der Waals surface area contributed by atoms with E-state index in [1.54, 1.807) is 0 Å². The molecule has 4 N–H and O–H groups in total. The number of halogens is 3. The average Bonchev–Trinajstić information content (AvgIpc) is 2.89. The standard InChI is InChI=1S/C9H16F3N3O/c1-8(2-3-8)5-14-4-6(7(13)15-16)9(10,11)12/h6,14,16H,2-5H2,1H3,(H2,13,15). The summed E-state index contributed by atoms with van der Waals surface area (Å²) in [5, 5.41) is 13.4. The number of alkyl halides is 3. The molecule has 94 valence electrons. The van der Waals surface area contributed by atoms with Gasteiger partial charge in [-0.3, -0.25) is 0 Å². The lowest BCUT2D eigenvalue weighted by Crippen LogP contribution is -2.43. The van der Waals surface area contributed by atoms with Gasteiger partial charge in [-0.2, -0.15) is 13.2 Å². The second kappa shape index (κ2) is 4.48. The van der Waals surface area contributed by atoms with Gasteiger partial charge in [0, 0.05) is 13.1 Å². The molecule has 4 nitrogen and oxygen atoms in total. The minimum atomic E-state index is -4.49. The van der Waals surface area contributed by atoms with E-state index in [9.17, 15) is 13.2 Å². The van der Waals surface area contributed by atoms with Gasteiger partial charge in [-0.05, 0) is 18.3 Å². The van der Waals surface area contributed by atoms with Crippen LogP contribution in [0, 0.1) is 11.3 Å². The Morgan fingerprint density at radius 2 is 2.12 bits per heavy atom. The highest BCUT2D eigenvalue weighted by Crippen LogP contribution is 2.44. The largest absolute Gasteiger partial charge is 0.409 e. The quantitative estimate of drug-likeness (QED) is 0.293. The van der Waals surface area contributed by atoms with Crippen LogP contribution in [0.25, 0.3) is 0 Å². The zero-order chi connectivity index (χ0) is 12.4. The monoisotopic (exact) mass is 239 g/mol. The summed E-state index contributed by atoms with van der Waals surface area (Å²) in [5.74, 6) is -2.74. The second-order valence-corrected chi connectivity index (χ2v) is 4.56. The third-order valence-electron chi connectivity index (χ3n) is 2.87. The molecule has 1 rings (SSSR count). The van der Waals surface area contributed by atoms with E-state index in [0.29, 0.717) is 6.54 Å². The summed E-state index contributed by atoms with van der Waals surface area (Å²) in [7, 11) is 0. The maximum absolute atomic E-state index is 12.5. The predicted molar refractivity (Wildman–Crippen MR) is 53.2 cm³/mol. The van der Waals surface area contributed by atoms with E-state index < -0.39 is 17.9 Å². The summed E-state index contributed by atoms with van der Waals surface area (Å²) in [6.07, 6.45) is -2.44. The fraction of sp³-hybridized carbons (Fsp3) is 0.889. The van der Waals surface area contributed by atoms with E-state index in [0.717, 1.165) is 12.8 Å². The molecule has 1 atom stereocenters. The zero-order valence-electron chi connectivity index (χ0n) is 9.01. The summed E-state index contributed by atoms with van der Waals surface area (Å²) >= 11 is 0. The van der Waals surface area contributed by atoms with Crippen molar-refractivity contribution in [1.29, 1.82) is 0 Å².